The molecule has 0 unspecified atom stereocenters. The van der Waals surface area contributed by atoms with E-state index in [2.05, 4.69) is 22.5 Å². The molecule has 5 rings (SSSR count). The molecule has 2 aliphatic rings. The molecule has 2 aromatic heterocycles. The van der Waals surface area contributed by atoms with Gasteiger partial charge >= 0.3 is 0 Å². The Bertz CT molecular complexity index is 1410. The SMILES string of the molecule is Cc1cc2c(N3CCN[C@@H](C)CC3)c(C(=O)N[C@@H](C)c3cc(F)cc(F)c3)c(=O)n(C)c2c(C2CC2)n1. The van der Waals surface area contributed by atoms with Crippen molar-refractivity contribution in [2.45, 2.75) is 58.0 Å². The van der Waals surface area contributed by atoms with Crippen LogP contribution < -0.4 is 21.1 Å². The van der Waals surface area contributed by atoms with E-state index in [9.17, 15) is 18.4 Å². The van der Waals surface area contributed by atoms with Crippen LogP contribution in [0.25, 0.3) is 10.9 Å². The summed E-state index contributed by atoms with van der Waals surface area (Å²) in [6, 6.07) is 4.72. The minimum atomic E-state index is -0.722. The monoisotopic (exact) mass is 509 g/mol. The van der Waals surface area contributed by atoms with Gasteiger partial charge in [0.15, 0.2) is 0 Å². The number of anilines is 1. The fourth-order valence-corrected chi connectivity index (χ4v) is 5.31. The summed E-state index contributed by atoms with van der Waals surface area (Å²) >= 11 is 0. The second-order valence-corrected chi connectivity index (χ2v) is 10.4. The Morgan fingerprint density at radius 3 is 2.51 bits per heavy atom. The van der Waals surface area contributed by atoms with E-state index in [1.165, 1.54) is 12.1 Å². The van der Waals surface area contributed by atoms with E-state index in [1.807, 2.05) is 13.0 Å². The molecule has 3 aromatic rings. The van der Waals surface area contributed by atoms with E-state index >= 15 is 0 Å². The first kappa shape index (κ1) is 25.3. The third-order valence-electron chi connectivity index (χ3n) is 7.44. The van der Waals surface area contributed by atoms with Gasteiger partial charge in [0.25, 0.3) is 11.5 Å². The van der Waals surface area contributed by atoms with Gasteiger partial charge in [-0.2, -0.15) is 0 Å². The number of amides is 1. The molecule has 0 radical (unpaired) electrons. The number of hydrogen-bond donors (Lipinski definition) is 2. The highest BCUT2D eigenvalue weighted by atomic mass is 19.1. The van der Waals surface area contributed by atoms with Gasteiger partial charge in [-0.3, -0.25) is 14.6 Å². The lowest BCUT2D eigenvalue weighted by Crippen LogP contribution is -2.39. The fourth-order valence-electron chi connectivity index (χ4n) is 5.31. The third-order valence-corrected chi connectivity index (χ3v) is 7.44. The molecule has 0 bridgehead atoms. The molecule has 1 saturated heterocycles. The van der Waals surface area contributed by atoms with Gasteiger partial charge in [-0.1, -0.05) is 0 Å². The number of benzene rings is 1. The molecule has 7 nitrogen and oxygen atoms in total. The van der Waals surface area contributed by atoms with Crippen LogP contribution in [0.4, 0.5) is 14.5 Å². The number of hydrogen-bond acceptors (Lipinski definition) is 5. The summed E-state index contributed by atoms with van der Waals surface area (Å²) in [5.74, 6) is -1.70. The van der Waals surface area contributed by atoms with Gasteiger partial charge in [-0.15, -0.1) is 0 Å². The van der Waals surface area contributed by atoms with Crippen LogP contribution in [0.1, 0.15) is 72.4 Å². The molecular weight excluding hydrogens is 476 g/mol. The molecule has 1 aliphatic heterocycles. The van der Waals surface area contributed by atoms with Gasteiger partial charge in [-0.25, -0.2) is 8.78 Å². The van der Waals surface area contributed by atoms with Crippen LogP contribution >= 0.6 is 0 Å². The van der Waals surface area contributed by atoms with Crippen molar-refractivity contribution < 1.29 is 13.6 Å². The largest absolute Gasteiger partial charge is 0.369 e. The average molecular weight is 510 g/mol. The molecule has 1 amide bonds. The highest BCUT2D eigenvalue weighted by molar-refractivity contribution is 6.08. The Hall–Kier alpha value is -3.33. The van der Waals surface area contributed by atoms with Crippen molar-refractivity contribution in [2.24, 2.45) is 7.05 Å². The zero-order valence-electron chi connectivity index (χ0n) is 21.7. The van der Waals surface area contributed by atoms with E-state index in [4.69, 9.17) is 4.98 Å². The second kappa shape index (κ2) is 9.85. The molecule has 2 atom stereocenters. The van der Waals surface area contributed by atoms with Crippen molar-refractivity contribution in [1.29, 1.82) is 0 Å². The Morgan fingerprint density at radius 1 is 1.14 bits per heavy atom. The minimum absolute atomic E-state index is 0.0422. The van der Waals surface area contributed by atoms with Gasteiger partial charge in [0.05, 0.1) is 22.9 Å². The maximum absolute atomic E-state index is 13.9. The van der Waals surface area contributed by atoms with Gasteiger partial charge in [0, 0.05) is 55.8 Å². The van der Waals surface area contributed by atoms with Crippen LogP contribution in [0.3, 0.4) is 0 Å². The molecule has 196 valence electrons. The Balaban J connectivity index is 1.67. The number of pyridine rings is 2. The molecule has 2 N–H and O–H groups in total. The average Bonchev–Trinajstić information content (AvgIpc) is 3.68. The first-order chi connectivity index (χ1) is 17.6. The topological polar surface area (TPSA) is 79.3 Å². The molecule has 37 heavy (non-hydrogen) atoms. The standard InChI is InChI=1S/C28H33F2N5O2/c1-15-7-9-35(10-8-31-15)25-22-11-16(2)32-24(18-5-6-18)26(22)34(4)28(37)23(25)27(36)33-17(3)19-12-20(29)14-21(30)13-19/h11-15,17-18,31H,5-10H2,1-4H3,(H,33,36)/t15-,17-/m0/s1. The minimum Gasteiger partial charge on any atom is -0.369 e. The number of fused-ring (bicyclic) bond motifs is 1. The molecule has 3 heterocycles. The van der Waals surface area contributed by atoms with Crippen LogP contribution in [0.15, 0.2) is 29.1 Å². The zero-order valence-corrected chi connectivity index (χ0v) is 21.7. The lowest BCUT2D eigenvalue weighted by molar-refractivity contribution is 0.0938. The third kappa shape index (κ3) is 4.97. The molecule has 1 aromatic carbocycles. The first-order valence-electron chi connectivity index (χ1n) is 12.9. The number of aromatic nitrogens is 2. The zero-order chi connectivity index (χ0) is 26.4. The summed E-state index contributed by atoms with van der Waals surface area (Å²) in [7, 11) is 1.69. The Kier molecular flexibility index (Phi) is 6.74. The van der Waals surface area contributed by atoms with Gasteiger partial charge in [0.2, 0.25) is 0 Å². The molecule has 9 heteroatoms. The van der Waals surface area contributed by atoms with E-state index in [1.54, 1.807) is 18.5 Å². The quantitative estimate of drug-likeness (QED) is 0.542. The first-order valence-corrected chi connectivity index (χ1v) is 12.9. The number of carbonyl (C=O) groups is 1. The highest BCUT2D eigenvalue weighted by Gasteiger charge is 2.33. The lowest BCUT2D eigenvalue weighted by Gasteiger charge is -2.28. The second-order valence-electron chi connectivity index (χ2n) is 10.4. The van der Waals surface area contributed by atoms with Crippen molar-refractivity contribution in [3.8, 4) is 0 Å². The lowest BCUT2D eigenvalue weighted by atomic mass is 10.0. The van der Waals surface area contributed by atoms with Crippen LogP contribution in [-0.2, 0) is 7.05 Å². The van der Waals surface area contributed by atoms with E-state index in [0.29, 0.717) is 30.7 Å². The van der Waals surface area contributed by atoms with Crippen molar-refractivity contribution in [2.75, 3.05) is 24.5 Å². The maximum Gasteiger partial charge on any atom is 0.265 e. The number of nitrogens with one attached hydrogen (secondary N) is 2. The maximum atomic E-state index is 13.9. The molecule has 1 aliphatic carbocycles. The summed E-state index contributed by atoms with van der Waals surface area (Å²) in [5.41, 5.74) is 3.05. The predicted octanol–water partition coefficient (Wildman–Crippen LogP) is 4.08. The normalized spacial score (nSPS) is 19.1. The summed E-state index contributed by atoms with van der Waals surface area (Å²) in [6.07, 6.45) is 2.92. The molecule has 0 spiro atoms. The van der Waals surface area contributed by atoms with Crippen LogP contribution in [0, 0.1) is 18.6 Å². The van der Waals surface area contributed by atoms with Crippen molar-refractivity contribution >= 4 is 22.5 Å². The molecule has 1 saturated carbocycles. The predicted molar refractivity (Wildman–Crippen MR) is 140 cm³/mol. The van der Waals surface area contributed by atoms with E-state index in [-0.39, 0.29) is 11.1 Å². The smallest absolute Gasteiger partial charge is 0.265 e. The summed E-state index contributed by atoms with van der Waals surface area (Å²) in [4.78, 5) is 34.6. The van der Waals surface area contributed by atoms with Gasteiger partial charge < -0.3 is 20.1 Å². The fraction of sp³-hybridized carbons (Fsp3) is 0.464. The Labute approximate surface area is 214 Å². The van der Waals surface area contributed by atoms with Gasteiger partial charge in [0.1, 0.15) is 17.2 Å². The number of carbonyl (C=O) groups excluding carboxylic acids is 1. The number of halogens is 2. The van der Waals surface area contributed by atoms with Gasteiger partial charge in [-0.05, 0) is 63.8 Å². The van der Waals surface area contributed by atoms with Crippen molar-refractivity contribution in [3.05, 3.63) is 68.8 Å². The highest BCUT2D eigenvalue weighted by Crippen LogP contribution is 2.43. The van der Waals surface area contributed by atoms with Crippen LogP contribution in [0.2, 0.25) is 0 Å². The Morgan fingerprint density at radius 2 is 1.84 bits per heavy atom. The molecular formula is C28H33F2N5O2. The summed E-state index contributed by atoms with van der Waals surface area (Å²) < 4.78 is 29.2. The van der Waals surface area contributed by atoms with E-state index < -0.39 is 29.1 Å². The number of rotatable bonds is 5. The van der Waals surface area contributed by atoms with Crippen LogP contribution in [0.5, 0.6) is 0 Å². The summed E-state index contributed by atoms with van der Waals surface area (Å²) in [6.45, 7) is 7.75. The van der Waals surface area contributed by atoms with Crippen LogP contribution in [-0.4, -0.2) is 41.1 Å². The van der Waals surface area contributed by atoms with E-state index in [0.717, 1.165) is 54.2 Å². The van der Waals surface area contributed by atoms with Crippen molar-refractivity contribution in [1.82, 2.24) is 20.2 Å². The summed E-state index contributed by atoms with van der Waals surface area (Å²) in [5, 5.41) is 7.13. The number of aryl methyl sites for hydroxylation is 2. The van der Waals surface area contributed by atoms with Crippen molar-refractivity contribution in [3.63, 3.8) is 0 Å². The number of nitrogens with zero attached hydrogens (tertiary/aromatic N) is 3. The molecule has 2 fully saturated rings.